The predicted molar refractivity (Wildman–Crippen MR) is 121 cm³/mol. The number of hydrogen-bond acceptors (Lipinski definition) is 6. The lowest BCUT2D eigenvalue weighted by Gasteiger charge is -2.18. The molecule has 0 bridgehead atoms. The fourth-order valence-electron chi connectivity index (χ4n) is 2.77. The van der Waals surface area contributed by atoms with Crippen LogP contribution in [0.15, 0.2) is 58.8 Å². The summed E-state index contributed by atoms with van der Waals surface area (Å²) in [5.41, 5.74) is 2.36. The second-order valence-electron chi connectivity index (χ2n) is 6.53. The van der Waals surface area contributed by atoms with E-state index in [1.807, 2.05) is 19.1 Å². The van der Waals surface area contributed by atoms with Crippen molar-refractivity contribution in [2.45, 2.75) is 30.0 Å². The molecular weight excluding hydrogens is 440 g/mol. The third-order valence-corrected chi connectivity index (χ3v) is 6.47. The number of aromatic nitrogens is 1. The van der Waals surface area contributed by atoms with E-state index in [0.29, 0.717) is 10.6 Å². The van der Waals surface area contributed by atoms with E-state index in [9.17, 15) is 9.59 Å². The monoisotopic (exact) mass is 460 g/mol. The summed E-state index contributed by atoms with van der Waals surface area (Å²) in [6, 6.07) is 13.9. The lowest BCUT2D eigenvalue weighted by atomic mass is 10.0. The number of hydrogen-bond donors (Lipinski definition) is 1. The molecule has 3 rings (SSSR count). The van der Waals surface area contributed by atoms with Crippen LogP contribution in [0.25, 0.3) is 0 Å². The number of methoxy groups -OCH3 is 1. The minimum absolute atomic E-state index is 0.0326. The number of ether oxygens (including phenoxy) is 1. The zero-order chi connectivity index (χ0) is 21.5. The number of carbonyl (C=O) groups excluding carboxylic acids is 2. The molecule has 1 heterocycles. The first-order chi connectivity index (χ1) is 14.4. The number of nitrogens with one attached hydrogen (secondary N) is 1. The van der Waals surface area contributed by atoms with Gasteiger partial charge in [-0.3, -0.25) is 9.59 Å². The molecule has 0 spiro atoms. The van der Waals surface area contributed by atoms with Gasteiger partial charge in [0.25, 0.3) is 5.91 Å². The number of rotatable bonds is 8. The van der Waals surface area contributed by atoms with Crippen LogP contribution >= 0.6 is 34.7 Å². The molecule has 5 nitrogen and oxygen atoms in total. The molecule has 0 saturated heterocycles. The first-order valence-electron chi connectivity index (χ1n) is 9.21. The summed E-state index contributed by atoms with van der Waals surface area (Å²) >= 11 is 9.26. The smallest absolute Gasteiger partial charge is 0.307 e. The van der Waals surface area contributed by atoms with E-state index in [-0.39, 0.29) is 12.3 Å². The minimum Gasteiger partial charge on any atom is -0.469 e. The van der Waals surface area contributed by atoms with Gasteiger partial charge in [0, 0.05) is 26.6 Å². The van der Waals surface area contributed by atoms with E-state index >= 15 is 0 Å². The minimum atomic E-state index is -0.510. The lowest BCUT2D eigenvalue weighted by Crippen LogP contribution is -2.30. The van der Waals surface area contributed by atoms with Gasteiger partial charge < -0.3 is 10.1 Å². The molecule has 1 amide bonds. The Morgan fingerprint density at radius 2 is 1.87 bits per heavy atom. The van der Waals surface area contributed by atoms with E-state index in [4.69, 9.17) is 16.3 Å². The van der Waals surface area contributed by atoms with Crippen molar-refractivity contribution >= 4 is 46.6 Å². The highest BCUT2D eigenvalue weighted by Gasteiger charge is 2.20. The van der Waals surface area contributed by atoms with Crippen LogP contribution in [-0.4, -0.2) is 24.0 Å². The van der Waals surface area contributed by atoms with Crippen LogP contribution in [0.5, 0.6) is 0 Å². The van der Waals surface area contributed by atoms with Crippen molar-refractivity contribution < 1.29 is 14.3 Å². The van der Waals surface area contributed by atoms with E-state index in [1.165, 1.54) is 7.11 Å². The lowest BCUT2D eigenvalue weighted by molar-refractivity contribution is -0.141. The molecule has 8 heteroatoms. The highest BCUT2D eigenvalue weighted by molar-refractivity contribution is 7.98. The van der Waals surface area contributed by atoms with E-state index in [2.05, 4.69) is 15.7 Å². The van der Waals surface area contributed by atoms with Crippen molar-refractivity contribution in [1.82, 2.24) is 10.3 Å². The standard InChI is InChI=1S/C22H21ClN2O3S2/c1-14-24-18(12-29-14)13-30-19-9-5-16(6-10-19)22(27)25-20(11-21(26)28-2)15-3-7-17(23)8-4-15/h3-10,12,20H,11,13H2,1-2H3,(H,25,27). The summed E-state index contributed by atoms with van der Waals surface area (Å²) in [6.45, 7) is 1.99. The Kier molecular flexibility index (Phi) is 7.90. The Hall–Kier alpha value is -2.35. The van der Waals surface area contributed by atoms with Crippen LogP contribution < -0.4 is 5.32 Å². The van der Waals surface area contributed by atoms with Gasteiger partial charge in [-0.1, -0.05) is 23.7 Å². The molecule has 30 heavy (non-hydrogen) atoms. The molecule has 1 N–H and O–H groups in total. The van der Waals surface area contributed by atoms with Gasteiger partial charge in [0.15, 0.2) is 0 Å². The molecule has 0 saturated carbocycles. The second kappa shape index (κ2) is 10.6. The molecule has 1 atom stereocenters. The average Bonchev–Trinajstić information content (AvgIpc) is 3.17. The quantitative estimate of drug-likeness (QED) is 0.358. The zero-order valence-electron chi connectivity index (χ0n) is 16.6. The van der Waals surface area contributed by atoms with Gasteiger partial charge in [0.05, 0.1) is 30.3 Å². The molecule has 0 aliphatic carbocycles. The molecule has 156 valence electrons. The van der Waals surface area contributed by atoms with Gasteiger partial charge in [-0.15, -0.1) is 23.1 Å². The number of benzene rings is 2. The van der Waals surface area contributed by atoms with Crippen LogP contribution in [0.3, 0.4) is 0 Å². The first kappa shape index (κ1) is 22.3. The fourth-order valence-corrected chi connectivity index (χ4v) is 4.41. The van der Waals surface area contributed by atoms with Crippen LogP contribution in [0, 0.1) is 6.92 Å². The maximum Gasteiger partial charge on any atom is 0.307 e. The number of carbonyl (C=O) groups is 2. The SMILES string of the molecule is COC(=O)CC(NC(=O)c1ccc(SCc2csc(C)n2)cc1)c1ccc(Cl)cc1. The number of thiazole rings is 1. The molecule has 0 radical (unpaired) electrons. The summed E-state index contributed by atoms with van der Waals surface area (Å²) in [5, 5.41) is 6.62. The van der Waals surface area contributed by atoms with Gasteiger partial charge in [-0.25, -0.2) is 4.98 Å². The van der Waals surface area contributed by atoms with Crippen molar-refractivity contribution in [3.63, 3.8) is 0 Å². The average molecular weight is 461 g/mol. The van der Waals surface area contributed by atoms with Crippen LogP contribution in [0.1, 0.15) is 39.1 Å². The van der Waals surface area contributed by atoms with Crippen molar-refractivity contribution in [2.24, 2.45) is 0 Å². The van der Waals surface area contributed by atoms with Gasteiger partial charge in [-0.2, -0.15) is 0 Å². The number of halogens is 1. The summed E-state index contributed by atoms with van der Waals surface area (Å²) in [6.07, 6.45) is 0.0326. The second-order valence-corrected chi connectivity index (χ2v) is 9.08. The maximum atomic E-state index is 12.8. The van der Waals surface area contributed by atoms with E-state index in [0.717, 1.165) is 26.9 Å². The number of aryl methyl sites for hydroxylation is 1. The van der Waals surface area contributed by atoms with Crippen molar-refractivity contribution in [2.75, 3.05) is 7.11 Å². The molecular formula is C22H21ClN2O3S2. The number of thioether (sulfide) groups is 1. The third kappa shape index (κ3) is 6.32. The molecule has 1 aromatic heterocycles. The van der Waals surface area contributed by atoms with Crippen LogP contribution in [0.4, 0.5) is 0 Å². The third-order valence-electron chi connectivity index (χ3n) is 4.35. The number of amides is 1. The largest absolute Gasteiger partial charge is 0.469 e. The Morgan fingerprint density at radius 3 is 2.47 bits per heavy atom. The van der Waals surface area contributed by atoms with Gasteiger partial charge >= 0.3 is 5.97 Å². The van der Waals surface area contributed by atoms with Gasteiger partial charge in [-0.05, 0) is 48.9 Å². The topological polar surface area (TPSA) is 68.3 Å². The van der Waals surface area contributed by atoms with E-state index < -0.39 is 12.0 Å². The molecule has 3 aromatic rings. The Balaban J connectivity index is 1.65. The Morgan fingerprint density at radius 1 is 1.17 bits per heavy atom. The number of esters is 1. The molecule has 0 aliphatic heterocycles. The molecule has 0 fully saturated rings. The normalized spacial score (nSPS) is 11.7. The zero-order valence-corrected chi connectivity index (χ0v) is 18.9. The molecule has 2 aromatic carbocycles. The Labute approximate surface area is 188 Å². The Bertz CT molecular complexity index is 1000. The molecule has 1 unspecified atom stereocenters. The first-order valence-corrected chi connectivity index (χ1v) is 11.5. The predicted octanol–water partition coefficient (Wildman–Crippen LogP) is 5.43. The summed E-state index contributed by atoms with van der Waals surface area (Å²) in [7, 11) is 1.33. The van der Waals surface area contributed by atoms with Crippen LogP contribution in [0.2, 0.25) is 5.02 Å². The summed E-state index contributed by atoms with van der Waals surface area (Å²) in [5.74, 6) is 0.123. The fraction of sp³-hybridized carbons (Fsp3) is 0.227. The van der Waals surface area contributed by atoms with Crippen LogP contribution in [-0.2, 0) is 15.3 Å². The molecule has 0 aliphatic rings. The summed E-state index contributed by atoms with van der Waals surface area (Å²) in [4.78, 5) is 30.1. The number of nitrogens with zero attached hydrogens (tertiary/aromatic N) is 1. The van der Waals surface area contributed by atoms with Crippen molar-refractivity contribution in [1.29, 1.82) is 0 Å². The van der Waals surface area contributed by atoms with Crippen molar-refractivity contribution in [3.8, 4) is 0 Å². The van der Waals surface area contributed by atoms with E-state index in [1.54, 1.807) is 59.5 Å². The highest BCUT2D eigenvalue weighted by Crippen LogP contribution is 2.25. The van der Waals surface area contributed by atoms with Gasteiger partial charge in [0.1, 0.15) is 0 Å². The highest BCUT2D eigenvalue weighted by atomic mass is 35.5. The summed E-state index contributed by atoms with van der Waals surface area (Å²) < 4.78 is 4.77. The maximum absolute atomic E-state index is 12.8. The van der Waals surface area contributed by atoms with Gasteiger partial charge in [0.2, 0.25) is 0 Å². The van der Waals surface area contributed by atoms with Crippen molar-refractivity contribution in [3.05, 3.63) is 80.8 Å².